The van der Waals surface area contributed by atoms with Crippen molar-refractivity contribution in [2.45, 2.75) is 19.1 Å². The van der Waals surface area contributed by atoms with Gasteiger partial charge in [-0.15, -0.1) is 11.8 Å². The molecule has 4 rings (SSSR count). The summed E-state index contributed by atoms with van der Waals surface area (Å²) in [5.41, 5.74) is 3.96. The highest BCUT2D eigenvalue weighted by Crippen LogP contribution is 2.44. The number of anilines is 1. The molecule has 8 heteroatoms. The molecular weight excluding hydrogens is 336 g/mol. The van der Waals surface area contributed by atoms with Crippen LogP contribution in [0.5, 0.6) is 0 Å². The molecule has 4 heterocycles. The molecule has 1 aliphatic heterocycles. The highest BCUT2D eigenvalue weighted by Gasteiger charge is 2.32. The predicted molar refractivity (Wildman–Crippen MR) is 97.0 cm³/mol. The number of carbonyl (C=O) groups is 1. The number of pyridine rings is 1. The lowest BCUT2D eigenvalue weighted by Gasteiger charge is -2.14. The van der Waals surface area contributed by atoms with Gasteiger partial charge in [0.2, 0.25) is 5.91 Å². The maximum Gasteiger partial charge on any atom is 0.235 e. The number of rotatable bonds is 2. The largest absolute Gasteiger partial charge is 0.310 e. The van der Waals surface area contributed by atoms with Crippen LogP contribution in [0.25, 0.3) is 5.82 Å². The van der Waals surface area contributed by atoms with E-state index in [1.54, 1.807) is 22.6 Å². The van der Waals surface area contributed by atoms with E-state index in [-0.39, 0.29) is 11.2 Å². The minimum absolute atomic E-state index is 0.000104. The highest BCUT2D eigenvalue weighted by atomic mass is 32.2. The number of carbonyl (C=O) groups excluding carboxylic acids is 1. The molecule has 1 atom stereocenters. The van der Waals surface area contributed by atoms with Crippen molar-refractivity contribution in [3.05, 3.63) is 53.1 Å². The lowest BCUT2D eigenvalue weighted by molar-refractivity contribution is -0.113. The van der Waals surface area contributed by atoms with Crippen molar-refractivity contribution in [1.82, 2.24) is 24.5 Å². The molecule has 3 aromatic heterocycles. The molecule has 0 radical (unpaired) electrons. The van der Waals surface area contributed by atoms with Crippen molar-refractivity contribution >= 4 is 23.5 Å². The van der Waals surface area contributed by atoms with Crippen LogP contribution in [0.4, 0.5) is 5.82 Å². The van der Waals surface area contributed by atoms with E-state index in [0.29, 0.717) is 17.4 Å². The Balaban J connectivity index is 1.92. The Morgan fingerprint density at radius 1 is 1.24 bits per heavy atom. The fourth-order valence-corrected chi connectivity index (χ4v) is 4.40. The Hall–Kier alpha value is -2.61. The summed E-state index contributed by atoms with van der Waals surface area (Å²) in [5, 5.41) is 12.1. The van der Waals surface area contributed by atoms with Gasteiger partial charge in [-0.05, 0) is 26.0 Å². The van der Waals surface area contributed by atoms with Gasteiger partial charge in [-0.2, -0.15) is 14.9 Å². The molecule has 1 N–H and O–H groups in total. The predicted octanol–water partition coefficient (Wildman–Crippen LogP) is 2.39. The van der Waals surface area contributed by atoms with Crippen molar-refractivity contribution < 1.29 is 4.79 Å². The van der Waals surface area contributed by atoms with Crippen LogP contribution in [-0.4, -0.2) is 36.2 Å². The van der Waals surface area contributed by atoms with Crippen LogP contribution >= 0.6 is 11.8 Å². The molecule has 0 bridgehead atoms. The van der Waals surface area contributed by atoms with E-state index >= 15 is 0 Å². The van der Waals surface area contributed by atoms with E-state index < -0.39 is 0 Å². The Morgan fingerprint density at radius 3 is 2.76 bits per heavy atom. The number of nitrogens with one attached hydrogen (secondary N) is 1. The molecule has 1 aliphatic rings. The zero-order chi connectivity index (χ0) is 17.6. The van der Waals surface area contributed by atoms with Crippen LogP contribution in [-0.2, 0) is 11.8 Å². The van der Waals surface area contributed by atoms with Gasteiger partial charge >= 0.3 is 0 Å². The third-order valence-electron chi connectivity index (χ3n) is 4.21. The van der Waals surface area contributed by atoms with E-state index in [2.05, 4.69) is 20.5 Å². The molecule has 128 valence electrons. The smallest absolute Gasteiger partial charge is 0.235 e. The number of nitrogens with zero attached hydrogens (tertiary/aromatic N) is 5. The summed E-state index contributed by atoms with van der Waals surface area (Å²) in [7, 11) is 1.91. The molecule has 25 heavy (non-hydrogen) atoms. The van der Waals surface area contributed by atoms with Crippen LogP contribution < -0.4 is 5.32 Å². The molecule has 0 saturated heterocycles. The van der Waals surface area contributed by atoms with Gasteiger partial charge < -0.3 is 5.32 Å². The number of aryl methyl sites for hydroxylation is 3. The molecule has 3 aromatic rings. The number of aromatic nitrogens is 5. The maximum absolute atomic E-state index is 12.3. The molecule has 0 aliphatic carbocycles. The first-order chi connectivity index (χ1) is 12.0. The number of amides is 1. The van der Waals surface area contributed by atoms with Gasteiger partial charge in [-0.3, -0.25) is 9.48 Å². The van der Waals surface area contributed by atoms with Crippen molar-refractivity contribution in [1.29, 1.82) is 0 Å². The van der Waals surface area contributed by atoms with E-state index in [9.17, 15) is 4.79 Å². The van der Waals surface area contributed by atoms with Gasteiger partial charge in [0, 0.05) is 30.6 Å². The first-order valence-electron chi connectivity index (χ1n) is 7.97. The van der Waals surface area contributed by atoms with Gasteiger partial charge in [0.05, 0.1) is 22.4 Å². The SMILES string of the molecule is Cc1nn(C)cc1C1SCC(=O)Nc2c1c(C)nn2-c1ccccn1. The first-order valence-corrected chi connectivity index (χ1v) is 9.02. The van der Waals surface area contributed by atoms with Gasteiger partial charge in [-0.1, -0.05) is 6.07 Å². The van der Waals surface area contributed by atoms with Gasteiger partial charge in [0.15, 0.2) is 5.82 Å². The van der Waals surface area contributed by atoms with Crippen LogP contribution in [0, 0.1) is 13.8 Å². The highest BCUT2D eigenvalue weighted by molar-refractivity contribution is 8.00. The molecule has 0 fully saturated rings. The van der Waals surface area contributed by atoms with Crippen LogP contribution in [0.15, 0.2) is 30.6 Å². The minimum atomic E-state index is -0.0348. The van der Waals surface area contributed by atoms with Crippen LogP contribution in [0.1, 0.15) is 27.8 Å². The van der Waals surface area contributed by atoms with Gasteiger partial charge in [0.25, 0.3) is 0 Å². The van der Waals surface area contributed by atoms with E-state index in [0.717, 1.165) is 22.5 Å². The zero-order valence-corrected chi connectivity index (χ0v) is 15.0. The van der Waals surface area contributed by atoms with Crippen molar-refractivity contribution in [2.24, 2.45) is 7.05 Å². The lowest BCUT2D eigenvalue weighted by Crippen LogP contribution is -2.16. The van der Waals surface area contributed by atoms with Crippen molar-refractivity contribution in [3.8, 4) is 5.82 Å². The third kappa shape index (κ3) is 2.72. The second kappa shape index (κ2) is 6.03. The number of thioether (sulfide) groups is 1. The fourth-order valence-electron chi connectivity index (χ4n) is 3.15. The summed E-state index contributed by atoms with van der Waals surface area (Å²) in [5.74, 6) is 1.72. The summed E-state index contributed by atoms with van der Waals surface area (Å²) >= 11 is 1.60. The Labute approximate surface area is 149 Å². The van der Waals surface area contributed by atoms with Gasteiger partial charge in [0.1, 0.15) is 5.82 Å². The standard InChI is InChI=1S/C17H18N6OS/c1-10-12(8-22(3)20-10)16-15-11(2)21-23(13-6-4-5-7-18-13)17(15)19-14(24)9-25-16/h4-8,16H,9H2,1-3H3,(H,19,24). The Bertz CT molecular complexity index is 946. The number of hydrogen-bond acceptors (Lipinski definition) is 5. The average molecular weight is 354 g/mol. The summed E-state index contributed by atoms with van der Waals surface area (Å²) < 4.78 is 3.52. The molecule has 1 unspecified atom stereocenters. The van der Waals surface area contributed by atoms with Crippen LogP contribution in [0.2, 0.25) is 0 Å². The van der Waals surface area contributed by atoms with Crippen LogP contribution in [0.3, 0.4) is 0 Å². The topological polar surface area (TPSA) is 77.6 Å². The monoisotopic (exact) mass is 354 g/mol. The summed E-state index contributed by atoms with van der Waals surface area (Å²) in [6, 6.07) is 5.64. The van der Waals surface area contributed by atoms with E-state index in [1.807, 2.05) is 50.0 Å². The summed E-state index contributed by atoms with van der Waals surface area (Å²) in [4.78, 5) is 16.7. The molecule has 1 amide bonds. The minimum Gasteiger partial charge on any atom is -0.310 e. The van der Waals surface area contributed by atoms with Crippen molar-refractivity contribution in [3.63, 3.8) is 0 Å². The normalized spacial score (nSPS) is 17.1. The second-order valence-corrected chi connectivity index (χ2v) is 7.12. The molecule has 7 nitrogen and oxygen atoms in total. The third-order valence-corrected chi connectivity index (χ3v) is 5.46. The van der Waals surface area contributed by atoms with E-state index in [4.69, 9.17) is 0 Å². The van der Waals surface area contributed by atoms with Crippen molar-refractivity contribution in [2.75, 3.05) is 11.1 Å². The second-order valence-electron chi connectivity index (χ2n) is 6.03. The molecule has 0 spiro atoms. The molecule has 0 aromatic carbocycles. The Kier molecular flexibility index (Phi) is 3.84. The zero-order valence-electron chi connectivity index (χ0n) is 14.2. The molecule has 0 saturated carbocycles. The van der Waals surface area contributed by atoms with Gasteiger partial charge in [-0.25, -0.2) is 4.98 Å². The summed E-state index contributed by atoms with van der Waals surface area (Å²) in [6.45, 7) is 3.96. The number of fused-ring (bicyclic) bond motifs is 1. The number of hydrogen-bond donors (Lipinski definition) is 1. The fraction of sp³-hybridized carbons (Fsp3) is 0.294. The first kappa shape index (κ1) is 15.9. The quantitative estimate of drug-likeness (QED) is 0.765. The Morgan fingerprint density at radius 2 is 2.08 bits per heavy atom. The van der Waals surface area contributed by atoms with E-state index in [1.165, 1.54) is 0 Å². The maximum atomic E-state index is 12.3. The lowest BCUT2D eigenvalue weighted by atomic mass is 10.1. The molecular formula is C17H18N6OS. The summed E-state index contributed by atoms with van der Waals surface area (Å²) in [6.07, 6.45) is 3.74. The average Bonchev–Trinajstić information content (AvgIpc) is 3.02.